The van der Waals surface area contributed by atoms with E-state index in [2.05, 4.69) is 10.6 Å². The summed E-state index contributed by atoms with van der Waals surface area (Å²) in [4.78, 5) is 27.1. The molecule has 2 amide bonds. The summed E-state index contributed by atoms with van der Waals surface area (Å²) in [5.41, 5.74) is 2.18. The van der Waals surface area contributed by atoms with E-state index in [0.717, 1.165) is 24.9 Å². The van der Waals surface area contributed by atoms with Gasteiger partial charge in [0.2, 0.25) is 5.91 Å². The van der Waals surface area contributed by atoms with Crippen LogP contribution in [0.1, 0.15) is 34.8 Å². The van der Waals surface area contributed by atoms with Crippen LogP contribution >= 0.6 is 11.6 Å². The number of nitrogens with one attached hydrogen (secondary N) is 2. The topological polar surface area (TPSA) is 61.4 Å². The van der Waals surface area contributed by atoms with Crippen molar-refractivity contribution in [2.24, 2.45) is 5.92 Å². The number of rotatable bonds is 4. The van der Waals surface area contributed by atoms with Crippen molar-refractivity contribution in [3.8, 4) is 0 Å². The molecule has 4 rings (SSSR count). The molecule has 0 aromatic heterocycles. The van der Waals surface area contributed by atoms with Gasteiger partial charge >= 0.3 is 0 Å². The highest BCUT2D eigenvalue weighted by molar-refractivity contribution is 6.31. The van der Waals surface area contributed by atoms with Crippen LogP contribution in [0.3, 0.4) is 0 Å². The first-order chi connectivity index (χ1) is 13.1. The van der Waals surface area contributed by atoms with Gasteiger partial charge in [-0.1, -0.05) is 35.9 Å². The molecule has 6 heteroatoms. The summed E-state index contributed by atoms with van der Waals surface area (Å²) >= 11 is 6.38. The molecule has 2 fully saturated rings. The summed E-state index contributed by atoms with van der Waals surface area (Å²) in [6.45, 7) is 2.01. The second kappa shape index (κ2) is 7.71. The highest BCUT2D eigenvalue weighted by atomic mass is 35.5. The predicted molar refractivity (Wildman–Crippen MR) is 106 cm³/mol. The maximum absolute atomic E-state index is 13.2. The molecule has 1 aliphatic heterocycles. The third-order valence-electron chi connectivity index (χ3n) is 5.09. The number of hydrogen-bond donors (Lipinski definition) is 2. The maximum Gasteiger partial charge on any atom is 0.254 e. The van der Waals surface area contributed by atoms with Crippen LogP contribution in [0, 0.1) is 5.92 Å². The van der Waals surface area contributed by atoms with Gasteiger partial charge in [0.05, 0.1) is 6.04 Å². The lowest BCUT2D eigenvalue weighted by Gasteiger charge is -2.37. The third-order valence-corrected chi connectivity index (χ3v) is 5.44. The van der Waals surface area contributed by atoms with Crippen LogP contribution in [0.25, 0.3) is 0 Å². The summed E-state index contributed by atoms with van der Waals surface area (Å²) in [7, 11) is 0. The van der Waals surface area contributed by atoms with Crippen molar-refractivity contribution in [1.82, 2.24) is 10.2 Å². The molecule has 2 aromatic carbocycles. The molecule has 1 heterocycles. The number of carbonyl (C=O) groups is 2. The number of anilines is 1. The molecule has 1 atom stereocenters. The molecule has 0 radical (unpaired) electrons. The Hall–Kier alpha value is -2.37. The SMILES string of the molecule is O=C(Nc1cccc(C(=O)N2CCNCC2c2ccccc2Cl)c1)C1CC1. The molecular weight excluding hydrogens is 362 g/mol. The van der Waals surface area contributed by atoms with Crippen LogP contribution in [0.15, 0.2) is 48.5 Å². The lowest BCUT2D eigenvalue weighted by Crippen LogP contribution is -2.48. The summed E-state index contributed by atoms with van der Waals surface area (Å²) in [5.74, 6) is 0.113. The zero-order valence-electron chi connectivity index (χ0n) is 15.0. The van der Waals surface area contributed by atoms with E-state index in [9.17, 15) is 9.59 Å². The van der Waals surface area contributed by atoms with Crippen molar-refractivity contribution in [3.63, 3.8) is 0 Å². The first kappa shape index (κ1) is 18.0. The van der Waals surface area contributed by atoms with Crippen LogP contribution in [0.5, 0.6) is 0 Å². The Balaban J connectivity index is 1.56. The lowest BCUT2D eigenvalue weighted by atomic mass is 10.0. The fourth-order valence-electron chi connectivity index (χ4n) is 3.46. The van der Waals surface area contributed by atoms with Gasteiger partial charge in [-0.05, 0) is 42.7 Å². The molecule has 1 saturated heterocycles. The molecule has 1 unspecified atom stereocenters. The van der Waals surface area contributed by atoms with E-state index >= 15 is 0 Å². The number of hydrogen-bond acceptors (Lipinski definition) is 3. The quantitative estimate of drug-likeness (QED) is 0.849. The van der Waals surface area contributed by atoms with E-state index in [1.54, 1.807) is 12.1 Å². The average molecular weight is 384 g/mol. The Morgan fingerprint density at radius 1 is 1.11 bits per heavy atom. The van der Waals surface area contributed by atoms with Gasteiger partial charge in [-0.2, -0.15) is 0 Å². The zero-order valence-corrected chi connectivity index (χ0v) is 15.7. The Labute approximate surface area is 163 Å². The first-order valence-corrected chi connectivity index (χ1v) is 9.68. The molecule has 1 saturated carbocycles. The largest absolute Gasteiger partial charge is 0.329 e. The second-order valence-electron chi connectivity index (χ2n) is 7.08. The number of nitrogens with zero attached hydrogens (tertiary/aromatic N) is 1. The van der Waals surface area contributed by atoms with E-state index in [1.165, 1.54) is 0 Å². The molecule has 0 spiro atoms. The maximum atomic E-state index is 13.2. The van der Waals surface area contributed by atoms with Crippen molar-refractivity contribution in [2.45, 2.75) is 18.9 Å². The molecule has 0 bridgehead atoms. The number of benzene rings is 2. The van der Waals surface area contributed by atoms with Crippen molar-refractivity contribution < 1.29 is 9.59 Å². The summed E-state index contributed by atoms with van der Waals surface area (Å²) in [5, 5.41) is 6.92. The lowest BCUT2D eigenvalue weighted by molar-refractivity contribution is -0.117. The number of halogens is 1. The van der Waals surface area contributed by atoms with Crippen LogP contribution in [0.4, 0.5) is 5.69 Å². The molecule has 5 nitrogen and oxygen atoms in total. The molecule has 140 valence electrons. The minimum absolute atomic E-state index is 0.0377. The molecule has 2 aromatic rings. The Morgan fingerprint density at radius 3 is 2.70 bits per heavy atom. The van der Waals surface area contributed by atoms with Crippen molar-refractivity contribution >= 4 is 29.1 Å². The molecule has 1 aliphatic carbocycles. The van der Waals surface area contributed by atoms with E-state index in [-0.39, 0.29) is 23.8 Å². The number of carbonyl (C=O) groups excluding carboxylic acids is 2. The van der Waals surface area contributed by atoms with E-state index in [1.807, 2.05) is 41.3 Å². The van der Waals surface area contributed by atoms with E-state index < -0.39 is 0 Å². The van der Waals surface area contributed by atoms with Crippen LogP contribution < -0.4 is 10.6 Å². The van der Waals surface area contributed by atoms with Gasteiger partial charge < -0.3 is 15.5 Å². The summed E-state index contributed by atoms with van der Waals surface area (Å²) < 4.78 is 0. The number of amides is 2. The Morgan fingerprint density at radius 2 is 1.93 bits per heavy atom. The van der Waals surface area contributed by atoms with Gasteiger partial charge in [-0.25, -0.2) is 0 Å². The summed E-state index contributed by atoms with van der Waals surface area (Å²) in [6, 6.07) is 14.7. The van der Waals surface area contributed by atoms with Crippen LogP contribution in [-0.2, 0) is 4.79 Å². The zero-order chi connectivity index (χ0) is 18.8. The van der Waals surface area contributed by atoms with E-state index in [0.29, 0.717) is 29.4 Å². The normalized spacial score (nSPS) is 19.6. The fourth-order valence-corrected chi connectivity index (χ4v) is 3.72. The van der Waals surface area contributed by atoms with Crippen LogP contribution in [-0.4, -0.2) is 36.3 Å². The van der Waals surface area contributed by atoms with Crippen LogP contribution in [0.2, 0.25) is 5.02 Å². The second-order valence-corrected chi connectivity index (χ2v) is 7.49. The Bertz CT molecular complexity index is 866. The van der Waals surface area contributed by atoms with Gasteiger partial charge in [0.15, 0.2) is 0 Å². The minimum Gasteiger partial charge on any atom is -0.329 e. The van der Waals surface area contributed by atoms with E-state index in [4.69, 9.17) is 11.6 Å². The van der Waals surface area contributed by atoms with Crippen molar-refractivity contribution in [1.29, 1.82) is 0 Å². The number of piperazine rings is 1. The Kier molecular flexibility index (Phi) is 5.14. The molecule has 2 N–H and O–H groups in total. The highest BCUT2D eigenvalue weighted by Crippen LogP contribution is 2.31. The molecule has 2 aliphatic rings. The van der Waals surface area contributed by atoms with Gasteiger partial charge in [0.25, 0.3) is 5.91 Å². The summed E-state index contributed by atoms with van der Waals surface area (Å²) in [6.07, 6.45) is 1.90. The average Bonchev–Trinajstić information content (AvgIpc) is 3.53. The monoisotopic (exact) mass is 383 g/mol. The predicted octanol–water partition coefficient (Wildman–Crippen LogP) is 3.48. The van der Waals surface area contributed by atoms with Gasteiger partial charge in [-0.15, -0.1) is 0 Å². The smallest absolute Gasteiger partial charge is 0.254 e. The van der Waals surface area contributed by atoms with Gasteiger partial charge in [0, 0.05) is 41.8 Å². The third kappa shape index (κ3) is 3.99. The molecule has 27 heavy (non-hydrogen) atoms. The molecular formula is C21H22ClN3O2. The fraction of sp³-hybridized carbons (Fsp3) is 0.333. The minimum atomic E-state index is -0.121. The highest BCUT2D eigenvalue weighted by Gasteiger charge is 2.31. The standard InChI is InChI=1S/C21H22ClN3O2/c22-18-7-2-1-6-17(18)19-13-23-10-11-25(19)21(27)15-4-3-5-16(12-15)24-20(26)14-8-9-14/h1-7,12,14,19,23H,8-11,13H2,(H,24,26). The van der Waals surface area contributed by atoms with Crippen molar-refractivity contribution in [3.05, 3.63) is 64.7 Å². The van der Waals surface area contributed by atoms with Crippen molar-refractivity contribution in [2.75, 3.05) is 25.0 Å². The first-order valence-electron chi connectivity index (χ1n) is 9.30. The van der Waals surface area contributed by atoms with Gasteiger partial charge in [0.1, 0.15) is 0 Å². The van der Waals surface area contributed by atoms with Gasteiger partial charge in [-0.3, -0.25) is 9.59 Å².